The predicted molar refractivity (Wildman–Crippen MR) is 98.1 cm³/mol. The van der Waals surface area contributed by atoms with Crippen molar-refractivity contribution in [3.05, 3.63) is 35.2 Å². The Balaban J connectivity index is 1.30. The highest BCUT2D eigenvalue weighted by Gasteiger charge is 2.52. The second kappa shape index (κ2) is 6.84. The summed E-state index contributed by atoms with van der Waals surface area (Å²) in [4.78, 5) is 42.3. The molecule has 2 N–H and O–H groups in total. The number of nitrogens with one attached hydrogen (secondary N) is 2. The lowest BCUT2D eigenvalue weighted by Gasteiger charge is -2.19. The number of urea groups is 1. The number of imidazole rings is 1. The van der Waals surface area contributed by atoms with E-state index in [1.165, 1.54) is 0 Å². The zero-order valence-corrected chi connectivity index (χ0v) is 15.5. The fourth-order valence-electron chi connectivity index (χ4n) is 3.79. The van der Waals surface area contributed by atoms with Crippen LogP contribution in [0.3, 0.4) is 0 Å². The van der Waals surface area contributed by atoms with Crippen molar-refractivity contribution in [3.63, 3.8) is 0 Å². The third-order valence-corrected chi connectivity index (χ3v) is 5.42. The summed E-state index contributed by atoms with van der Waals surface area (Å²) in [6.45, 7) is 0.348. The highest BCUT2D eigenvalue weighted by Crippen LogP contribution is 2.34. The van der Waals surface area contributed by atoms with Crippen LogP contribution in [0.2, 0.25) is 5.02 Å². The lowest BCUT2D eigenvalue weighted by Crippen LogP contribution is -2.44. The van der Waals surface area contributed by atoms with Crippen molar-refractivity contribution < 1.29 is 14.4 Å². The van der Waals surface area contributed by atoms with Gasteiger partial charge < -0.3 is 15.0 Å². The molecule has 1 aliphatic heterocycles. The first-order valence-electron chi connectivity index (χ1n) is 9.01. The van der Waals surface area contributed by atoms with E-state index in [2.05, 4.69) is 15.6 Å². The quantitative estimate of drug-likeness (QED) is 0.763. The van der Waals surface area contributed by atoms with Gasteiger partial charge in [-0.05, 0) is 25.0 Å². The summed E-state index contributed by atoms with van der Waals surface area (Å²) in [5.41, 5.74) is 0.709. The van der Waals surface area contributed by atoms with Crippen LogP contribution in [-0.2, 0) is 16.1 Å². The number of carbonyl (C=O) groups is 3. The van der Waals surface area contributed by atoms with Crippen molar-refractivity contribution in [2.75, 3.05) is 6.54 Å². The van der Waals surface area contributed by atoms with Crippen LogP contribution in [0.4, 0.5) is 4.79 Å². The second-order valence-corrected chi connectivity index (χ2v) is 7.48. The summed E-state index contributed by atoms with van der Waals surface area (Å²) in [5.74, 6) is -0.437. The third-order valence-electron chi connectivity index (χ3n) is 5.20. The van der Waals surface area contributed by atoms with Crippen LogP contribution < -0.4 is 10.6 Å². The molecule has 1 saturated carbocycles. The van der Waals surface area contributed by atoms with Gasteiger partial charge >= 0.3 is 6.03 Å². The van der Waals surface area contributed by atoms with Crippen molar-refractivity contribution in [1.29, 1.82) is 0 Å². The minimum atomic E-state index is -0.731. The van der Waals surface area contributed by atoms with Gasteiger partial charge in [-0.15, -0.1) is 0 Å². The molecule has 0 atom stereocenters. The molecule has 0 unspecified atom stereocenters. The highest BCUT2D eigenvalue weighted by molar-refractivity contribution is 6.30. The fourth-order valence-corrected chi connectivity index (χ4v) is 3.96. The maximum absolute atomic E-state index is 12.5. The van der Waals surface area contributed by atoms with E-state index in [4.69, 9.17) is 11.6 Å². The molecule has 2 aliphatic rings. The number of halogens is 1. The maximum Gasteiger partial charge on any atom is 0.325 e. The van der Waals surface area contributed by atoms with Gasteiger partial charge in [-0.3, -0.25) is 14.5 Å². The zero-order chi connectivity index (χ0) is 19.0. The summed E-state index contributed by atoms with van der Waals surface area (Å²) >= 11 is 5.94. The molecule has 0 radical (unpaired) electrons. The fraction of sp³-hybridized carbons (Fsp3) is 0.444. The number of nitrogens with zero attached hydrogens (tertiary/aromatic N) is 3. The van der Waals surface area contributed by atoms with Gasteiger partial charge in [0.15, 0.2) is 0 Å². The minimum absolute atomic E-state index is 0.0639. The molecular weight excluding hydrogens is 370 g/mol. The lowest BCUT2D eigenvalue weighted by molar-refractivity contribution is -0.131. The monoisotopic (exact) mass is 389 g/mol. The molecule has 8 nitrogen and oxygen atoms in total. The summed E-state index contributed by atoms with van der Waals surface area (Å²) in [6, 6.07) is 3.15. The molecule has 1 aliphatic carbocycles. The SMILES string of the molecule is O=C(CCN1C(=O)NC2(CCCC2)C1=O)NCc1cn2cc(Cl)ccc2n1. The molecule has 1 spiro atoms. The van der Waals surface area contributed by atoms with E-state index in [0.717, 1.165) is 23.4 Å². The van der Waals surface area contributed by atoms with Gasteiger partial charge in [0, 0.05) is 25.4 Å². The number of pyridine rings is 1. The average molecular weight is 390 g/mol. The molecule has 4 amide bonds. The Bertz CT molecular complexity index is 919. The smallest absolute Gasteiger partial charge is 0.325 e. The molecule has 2 aromatic rings. The Hall–Kier alpha value is -2.61. The van der Waals surface area contributed by atoms with E-state index < -0.39 is 11.6 Å². The summed E-state index contributed by atoms with van der Waals surface area (Å²) < 4.78 is 1.79. The third kappa shape index (κ3) is 3.37. The van der Waals surface area contributed by atoms with E-state index >= 15 is 0 Å². The van der Waals surface area contributed by atoms with E-state index in [9.17, 15) is 14.4 Å². The first-order valence-corrected chi connectivity index (χ1v) is 9.39. The Labute approximate surface area is 160 Å². The average Bonchev–Trinajstić information content (AvgIpc) is 3.31. The van der Waals surface area contributed by atoms with E-state index in [1.807, 2.05) is 0 Å². The standard InChI is InChI=1S/C18H20ClN5O3/c19-12-3-4-14-21-13(11-23(14)10-12)9-20-15(25)5-8-24-16(26)18(22-17(24)27)6-1-2-7-18/h3-4,10-11H,1-2,5-9H2,(H,20,25)(H,22,27). The van der Waals surface area contributed by atoms with Crippen LogP contribution >= 0.6 is 11.6 Å². The summed E-state index contributed by atoms with van der Waals surface area (Å²) in [7, 11) is 0. The van der Waals surface area contributed by atoms with Crippen LogP contribution in [0.15, 0.2) is 24.5 Å². The topological polar surface area (TPSA) is 95.8 Å². The molecular formula is C18H20ClN5O3. The summed E-state index contributed by atoms with van der Waals surface area (Å²) in [6.07, 6.45) is 6.83. The number of aromatic nitrogens is 2. The number of hydrogen-bond donors (Lipinski definition) is 2. The van der Waals surface area contributed by atoms with Gasteiger partial charge in [0.25, 0.3) is 5.91 Å². The molecule has 3 heterocycles. The Morgan fingerprint density at radius 2 is 2.04 bits per heavy atom. The number of carbonyl (C=O) groups excluding carboxylic acids is 3. The van der Waals surface area contributed by atoms with Crippen molar-refractivity contribution in [2.24, 2.45) is 0 Å². The van der Waals surface area contributed by atoms with Crippen molar-refractivity contribution in [1.82, 2.24) is 24.9 Å². The lowest BCUT2D eigenvalue weighted by atomic mass is 9.98. The largest absolute Gasteiger partial charge is 0.350 e. The molecule has 27 heavy (non-hydrogen) atoms. The summed E-state index contributed by atoms with van der Waals surface area (Å²) in [5, 5.41) is 6.19. The zero-order valence-electron chi connectivity index (χ0n) is 14.7. The van der Waals surface area contributed by atoms with Gasteiger partial charge in [0.1, 0.15) is 11.2 Å². The van der Waals surface area contributed by atoms with E-state index in [-0.39, 0.29) is 31.3 Å². The molecule has 4 rings (SSSR count). The van der Waals surface area contributed by atoms with Gasteiger partial charge in [-0.1, -0.05) is 24.4 Å². The number of fused-ring (bicyclic) bond motifs is 1. The first kappa shape index (κ1) is 17.8. The number of hydrogen-bond acceptors (Lipinski definition) is 4. The Morgan fingerprint density at radius 3 is 2.81 bits per heavy atom. The Morgan fingerprint density at radius 1 is 1.26 bits per heavy atom. The predicted octanol–water partition coefficient (Wildman–Crippen LogP) is 1.86. The van der Waals surface area contributed by atoms with Crippen molar-refractivity contribution in [2.45, 2.75) is 44.2 Å². The molecule has 142 valence electrons. The van der Waals surface area contributed by atoms with Crippen LogP contribution in [0.25, 0.3) is 5.65 Å². The molecule has 0 aromatic carbocycles. The van der Waals surface area contributed by atoms with Crippen LogP contribution in [0.1, 0.15) is 37.8 Å². The molecule has 2 aromatic heterocycles. The van der Waals surface area contributed by atoms with Crippen molar-refractivity contribution in [3.8, 4) is 0 Å². The van der Waals surface area contributed by atoms with Gasteiger partial charge in [-0.25, -0.2) is 9.78 Å². The molecule has 9 heteroatoms. The van der Waals surface area contributed by atoms with Crippen LogP contribution in [-0.4, -0.2) is 44.2 Å². The molecule has 1 saturated heterocycles. The second-order valence-electron chi connectivity index (χ2n) is 7.05. The van der Waals surface area contributed by atoms with E-state index in [1.54, 1.807) is 28.9 Å². The minimum Gasteiger partial charge on any atom is -0.350 e. The van der Waals surface area contributed by atoms with Crippen molar-refractivity contribution >= 4 is 35.1 Å². The maximum atomic E-state index is 12.5. The van der Waals surface area contributed by atoms with Gasteiger partial charge in [0.2, 0.25) is 5.91 Å². The molecule has 2 fully saturated rings. The number of amides is 4. The number of rotatable bonds is 5. The van der Waals surface area contributed by atoms with Gasteiger partial charge in [0.05, 0.1) is 17.3 Å². The van der Waals surface area contributed by atoms with Crippen LogP contribution in [0, 0.1) is 0 Å². The Kier molecular flexibility index (Phi) is 4.51. The van der Waals surface area contributed by atoms with Gasteiger partial charge in [-0.2, -0.15) is 0 Å². The highest BCUT2D eigenvalue weighted by atomic mass is 35.5. The molecule has 0 bridgehead atoms. The normalized spacial score (nSPS) is 18.5. The van der Waals surface area contributed by atoms with E-state index in [0.29, 0.717) is 23.6 Å². The van der Waals surface area contributed by atoms with Crippen LogP contribution in [0.5, 0.6) is 0 Å². The first-order chi connectivity index (χ1) is 13.0. The number of imide groups is 1.